The van der Waals surface area contributed by atoms with Crippen molar-refractivity contribution in [3.63, 3.8) is 0 Å². The molecule has 0 unspecified atom stereocenters. The molecule has 0 fully saturated rings. The highest BCUT2D eigenvalue weighted by atomic mass is 16.5. The number of benzene rings is 2. The number of anilines is 1. The average Bonchev–Trinajstić information content (AvgIpc) is 2.59. The van der Waals surface area contributed by atoms with Gasteiger partial charge in [-0.2, -0.15) is 0 Å². The average molecular weight is 341 g/mol. The molecule has 1 aliphatic heterocycles. The van der Waals surface area contributed by atoms with Crippen LogP contribution in [0.15, 0.2) is 42.5 Å². The van der Waals surface area contributed by atoms with Crippen molar-refractivity contribution in [2.45, 2.75) is 26.6 Å². The topological polar surface area (TPSA) is 73.9 Å². The number of hydrogen-bond donors (Lipinski definition) is 1. The zero-order chi connectivity index (χ0) is 17.8. The molecule has 130 valence electrons. The Bertz CT molecular complexity index is 800. The van der Waals surface area contributed by atoms with Crippen LogP contribution in [0.5, 0.6) is 11.5 Å². The second kappa shape index (κ2) is 7.25. The third kappa shape index (κ3) is 4.29. The summed E-state index contributed by atoms with van der Waals surface area (Å²) in [5, 5.41) is 2.74. The van der Waals surface area contributed by atoms with Gasteiger partial charge in [-0.1, -0.05) is 12.1 Å². The number of fused-ring (bicyclic) bond motifs is 1. The van der Waals surface area contributed by atoms with Crippen LogP contribution in [0.3, 0.4) is 0 Å². The van der Waals surface area contributed by atoms with E-state index in [-0.39, 0.29) is 31.2 Å². The highest BCUT2D eigenvalue weighted by molar-refractivity contribution is 5.95. The Hall–Kier alpha value is -3.02. The fourth-order valence-corrected chi connectivity index (χ4v) is 2.39. The van der Waals surface area contributed by atoms with Gasteiger partial charge in [0.15, 0.2) is 6.61 Å². The number of carbonyl (C=O) groups excluding carboxylic acids is 2. The monoisotopic (exact) mass is 341 g/mol. The summed E-state index contributed by atoms with van der Waals surface area (Å²) in [6.45, 7) is 3.93. The highest BCUT2D eigenvalue weighted by Gasteiger charge is 2.16. The van der Waals surface area contributed by atoms with Gasteiger partial charge in [-0.25, -0.2) is 4.79 Å². The van der Waals surface area contributed by atoms with E-state index in [1.807, 2.05) is 19.9 Å². The Morgan fingerprint density at radius 3 is 2.88 bits per heavy atom. The first-order chi connectivity index (χ1) is 12.0. The van der Waals surface area contributed by atoms with Crippen LogP contribution >= 0.6 is 0 Å². The molecule has 6 nitrogen and oxygen atoms in total. The number of hydrogen-bond acceptors (Lipinski definition) is 5. The van der Waals surface area contributed by atoms with Gasteiger partial charge in [-0.3, -0.25) is 4.79 Å². The molecule has 3 rings (SSSR count). The molecule has 0 atom stereocenters. The van der Waals surface area contributed by atoms with E-state index in [0.717, 1.165) is 5.56 Å². The van der Waals surface area contributed by atoms with Gasteiger partial charge in [0.05, 0.1) is 17.4 Å². The molecule has 0 spiro atoms. The molecule has 1 heterocycles. The largest absolute Gasteiger partial charge is 0.489 e. The molecule has 0 aromatic heterocycles. The summed E-state index contributed by atoms with van der Waals surface area (Å²) in [7, 11) is 0. The number of carbonyl (C=O) groups is 2. The lowest BCUT2D eigenvalue weighted by atomic mass is 10.1. The first kappa shape index (κ1) is 16.8. The van der Waals surface area contributed by atoms with E-state index >= 15 is 0 Å². The van der Waals surface area contributed by atoms with Crippen molar-refractivity contribution in [2.75, 3.05) is 11.9 Å². The van der Waals surface area contributed by atoms with Crippen molar-refractivity contribution in [1.82, 2.24) is 0 Å². The number of esters is 1. The Labute approximate surface area is 145 Å². The minimum Gasteiger partial charge on any atom is -0.489 e. The van der Waals surface area contributed by atoms with Gasteiger partial charge in [-0.15, -0.1) is 0 Å². The SMILES string of the molecule is CC(C)OC(=O)c1cccc(COc2ccc3c(c2)NC(=O)CO3)c1. The van der Waals surface area contributed by atoms with Crippen LogP contribution in [-0.4, -0.2) is 24.6 Å². The summed E-state index contributed by atoms with van der Waals surface area (Å²) in [6, 6.07) is 12.3. The van der Waals surface area contributed by atoms with Crippen LogP contribution in [0, 0.1) is 0 Å². The van der Waals surface area contributed by atoms with Crippen LogP contribution in [0.4, 0.5) is 5.69 Å². The number of nitrogens with one attached hydrogen (secondary N) is 1. The highest BCUT2D eigenvalue weighted by Crippen LogP contribution is 2.31. The Balaban J connectivity index is 1.67. The van der Waals surface area contributed by atoms with E-state index in [9.17, 15) is 9.59 Å². The molecule has 0 saturated carbocycles. The fourth-order valence-electron chi connectivity index (χ4n) is 2.39. The molecular formula is C19H19NO5. The van der Waals surface area contributed by atoms with Gasteiger partial charge in [0, 0.05) is 6.07 Å². The summed E-state index contributed by atoms with van der Waals surface area (Å²) in [5.74, 6) is 0.664. The molecule has 6 heteroatoms. The predicted octanol–water partition coefficient (Wildman–Crippen LogP) is 3.16. The predicted molar refractivity (Wildman–Crippen MR) is 91.9 cm³/mol. The van der Waals surface area contributed by atoms with Gasteiger partial charge in [0.1, 0.15) is 18.1 Å². The fraction of sp³-hybridized carbons (Fsp3) is 0.263. The second-order valence-corrected chi connectivity index (χ2v) is 5.94. The first-order valence-electron chi connectivity index (χ1n) is 8.00. The van der Waals surface area contributed by atoms with Crippen molar-refractivity contribution in [3.8, 4) is 11.5 Å². The normalized spacial score (nSPS) is 12.8. The summed E-state index contributed by atoms with van der Waals surface area (Å²) in [4.78, 5) is 23.3. The molecule has 2 aromatic rings. The standard InChI is InChI=1S/C19H19NO5/c1-12(2)25-19(22)14-5-3-4-13(8-14)10-23-15-6-7-17-16(9-15)20-18(21)11-24-17/h3-9,12H,10-11H2,1-2H3,(H,20,21). The molecule has 0 saturated heterocycles. The molecule has 1 aliphatic rings. The maximum absolute atomic E-state index is 12.0. The van der Waals surface area contributed by atoms with Crippen LogP contribution in [0.2, 0.25) is 0 Å². The maximum Gasteiger partial charge on any atom is 0.338 e. The summed E-state index contributed by atoms with van der Waals surface area (Å²) < 4.78 is 16.3. The van der Waals surface area contributed by atoms with Crippen molar-refractivity contribution >= 4 is 17.6 Å². The number of amides is 1. The lowest BCUT2D eigenvalue weighted by molar-refractivity contribution is -0.118. The molecule has 0 aliphatic carbocycles. The first-order valence-corrected chi connectivity index (χ1v) is 8.00. The van der Waals surface area contributed by atoms with Crippen molar-refractivity contribution in [1.29, 1.82) is 0 Å². The van der Waals surface area contributed by atoms with Gasteiger partial charge in [0.25, 0.3) is 5.91 Å². The summed E-state index contributed by atoms with van der Waals surface area (Å²) >= 11 is 0. The lowest BCUT2D eigenvalue weighted by Gasteiger charge is -2.18. The van der Waals surface area contributed by atoms with Crippen LogP contribution in [-0.2, 0) is 16.1 Å². The Morgan fingerprint density at radius 2 is 2.08 bits per heavy atom. The third-order valence-corrected chi connectivity index (χ3v) is 3.49. The number of rotatable bonds is 5. The van der Waals surface area contributed by atoms with Crippen molar-refractivity contribution in [3.05, 3.63) is 53.6 Å². The quantitative estimate of drug-likeness (QED) is 0.846. The van der Waals surface area contributed by atoms with E-state index in [4.69, 9.17) is 14.2 Å². The van der Waals surface area contributed by atoms with Crippen molar-refractivity contribution < 1.29 is 23.8 Å². The lowest BCUT2D eigenvalue weighted by Crippen LogP contribution is -2.25. The van der Waals surface area contributed by atoms with Crippen LogP contribution in [0.1, 0.15) is 29.8 Å². The summed E-state index contributed by atoms with van der Waals surface area (Å²) in [5.41, 5.74) is 1.92. The Morgan fingerprint density at radius 1 is 1.24 bits per heavy atom. The second-order valence-electron chi connectivity index (χ2n) is 5.94. The van der Waals surface area contributed by atoms with Crippen molar-refractivity contribution in [2.24, 2.45) is 0 Å². The molecule has 0 radical (unpaired) electrons. The van der Waals surface area contributed by atoms with Crippen LogP contribution < -0.4 is 14.8 Å². The van der Waals surface area contributed by atoms with E-state index in [0.29, 0.717) is 22.7 Å². The van der Waals surface area contributed by atoms with E-state index in [2.05, 4.69) is 5.32 Å². The molecule has 0 bridgehead atoms. The smallest absolute Gasteiger partial charge is 0.338 e. The third-order valence-electron chi connectivity index (χ3n) is 3.49. The van der Waals surface area contributed by atoms with E-state index in [1.165, 1.54) is 0 Å². The van der Waals surface area contributed by atoms with E-state index < -0.39 is 0 Å². The molecule has 1 amide bonds. The van der Waals surface area contributed by atoms with Gasteiger partial charge in [0.2, 0.25) is 0 Å². The zero-order valence-corrected chi connectivity index (χ0v) is 14.1. The van der Waals surface area contributed by atoms with E-state index in [1.54, 1.807) is 36.4 Å². The Kier molecular flexibility index (Phi) is 4.88. The zero-order valence-electron chi connectivity index (χ0n) is 14.1. The molecule has 1 N–H and O–H groups in total. The minimum absolute atomic E-state index is 0.0203. The van der Waals surface area contributed by atoms with Gasteiger partial charge in [-0.05, 0) is 43.7 Å². The summed E-state index contributed by atoms with van der Waals surface area (Å²) in [6.07, 6.45) is -0.166. The minimum atomic E-state index is -0.356. The molecule has 2 aromatic carbocycles. The molecule has 25 heavy (non-hydrogen) atoms. The van der Waals surface area contributed by atoms with Gasteiger partial charge < -0.3 is 19.5 Å². The maximum atomic E-state index is 12.0. The molecular weight excluding hydrogens is 322 g/mol. The van der Waals surface area contributed by atoms with Gasteiger partial charge >= 0.3 is 5.97 Å². The number of ether oxygens (including phenoxy) is 3. The van der Waals surface area contributed by atoms with Crippen LogP contribution in [0.25, 0.3) is 0 Å².